The van der Waals surface area contributed by atoms with Crippen LogP contribution in [0.1, 0.15) is 31.2 Å². The number of furan rings is 1. The zero-order valence-corrected chi connectivity index (χ0v) is 23.3. The van der Waals surface area contributed by atoms with E-state index in [9.17, 15) is 29.9 Å². The predicted molar refractivity (Wildman–Crippen MR) is 151 cm³/mol. The van der Waals surface area contributed by atoms with E-state index in [1.54, 1.807) is 32.0 Å². The number of aromatic hydroxyl groups is 1. The lowest BCUT2D eigenvalue weighted by Crippen LogP contribution is -2.45. The molecular weight excluding hydrogens is 566 g/mol. The summed E-state index contributed by atoms with van der Waals surface area (Å²) in [4.78, 5) is 35.0. The summed E-state index contributed by atoms with van der Waals surface area (Å²) < 4.78 is 21.9. The number of amides is 2. The van der Waals surface area contributed by atoms with Gasteiger partial charge in [-0.15, -0.1) is 0 Å². The molecule has 0 spiro atoms. The quantitative estimate of drug-likeness (QED) is 0.0676. The minimum Gasteiger partial charge on any atom is -0.507 e. The number of rotatable bonds is 12. The minimum atomic E-state index is -1.25. The number of phenols is 1. The van der Waals surface area contributed by atoms with Crippen LogP contribution in [-0.2, 0) is 9.53 Å². The number of nitrogens with zero attached hydrogens (tertiary/aromatic N) is 2. The van der Waals surface area contributed by atoms with Gasteiger partial charge in [0.25, 0.3) is 5.69 Å². The van der Waals surface area contributed by atoms with Crippen molar-refractivity contribution in [3.8, 4) is 28.6 Å². The molecule has 0 bridgehead atoms. The topological polar surface area (TPSA) is 207 Å². The Morgan fingerprint density at radius 3 is 2.72 bits per heavy atom. The maximum absolute atomic E-state index is 12.4. The Balaban J connectivity index is 1.40. The number of benzene rings is 2. The number of carbonyl (C=O) groups is 2. The Kier molecular flexibility index (Phi) is 9.47. The van der Waals surface area contributed by atoms with Gasteiger partial charge in [0, 0.05) is 17.8 Å². The average Bonchev–Trinajstić information content (AvgIpc) is 3.44. The number of allylic oxidation sites excluding steroid dienone is 1. The number of hydrogen-bond acceptors (Lipinski definition) is 12. The molecule has 0 fully saturated rings. The number of aliphatic hydroxyl groups excluding tert-OH is 1. The zero-order valence-electron chi connectivity index (χ0n) is 23.3. The number of esters is 1. The second kappa shape index (κ2) is 13.4. The van der Waals surface area contributed by atoms with Crippen LogP contribution >= 0.6 is 0 Å². The summed E-state index contributed by atoms with van der Waals surface area (Å²) in [6.07, 6.45) is 0.0179. The largest absolute Gasteiger partial charge is 0.507 e. The highest BCUT2D eigenvalue weighted by Crippen LogP contribution is 2.35. The number of carbonyl (C=O) groups excluding carboxylic acids is 2. The van der Waals surface area contributed by atoms with Gasteiger partial charge in [0.1, 0.15) is 23.9 Å². The van der Waals surface area contributed by atoms with Crippen LogP contribution in [0.4, 0.5) is 10.5 Å². The van der Waals surface area contributed by atoms with E-state index in [1.807, 2.05) is 0 Å². The van der Waals surface area contributed by atoms with Crippen molar-refractivity contribution in [2.75, 3.05) is 20.3 Å². The maximum atomic E-state index is 12.4. The van der Waals surface area contributed by atoms with Crippen molar-refractivity contribution < 1.29 is 43.4 Å². The molecule has 15 nitrogen and oxygen atoms in total. The summed E-state index contributed by atoms with van der Waals surface area (Å²) in [5, 5.41) is 40.6. The molecule has 2 aromatic carbocycles. The van der Waals surface area contributed by atoms with Crippen molar-refractivity contribution in [3.05, 3.63) is 81.2 Å². The van der Waals surface area contributed by atoms with Crippen LogP contribution in [0.3, 0.4) is 0 Å². The summed E-state index contributed by atoms with van der Waals surface area (Å²) in [6, 6.07) is 10.2. The third kappa shape index (κ3) is 7.20. The van der Waals surface area contributed by atoms with Gasteiger partial charge >= 0.3 is 12.0 Å². The molecule has 15 heteroatoms. The van der Waals surface area contributed by atoms with Crippen LogP contribution in [0.5, 0.6) is 17.2 Å². The fourth-order valence-electron chi connectivity index (χ4n) is 4.21. The van der Waals surface area contributed by atoms with Gasteiger partial charge in [-0.05, 0) is 49.7 Å². The normalized spacial score (nSPS) is 15.4. The van der Waals surface area contributed by atoms with Gasteiger partial charge in [-0.3, -0.25) is 15.5 Å². The fraction of sp³-hybridized carbons (Fsp3) is 0.250. The van der Waals surface area contributed by atoms with Gasteiger partial charge in [-0.2, -0.15) is 5.10 Å². The van der Waals surface area contributed by atoms with Crippen molar-refractivity contribution in [1.29, 1.82) is 0 Å². The van der Waals surface area contributed by atoms with Crippen molar-refractivity contribution >= 4 is 23.9 Å². The first-order valence-corrected chi connectivity index (χ1v) is 12.9. The highest BCUT2D eigenvalue weighted by atomic mass is 16.6. The van der Waals surface area contributed by atoms with Crippen LogP contribution < -0.4 is 25.5 Å². The number of nitrogens with one attached hydrogen (secondary N) is 3. The van der Waals surface area contributed by atoms with Gasteiger partial charge in [0.05, 0.1) is 42.0 Å². The number of hydrogen-bond donors (Lipinski definition) is 5. The molecule has 2 amide bonds. The number of aliphatic hydroxyl groups is 1. The van der Waals surface area contributed by atoms with Crippen LogP contribution in [0, 0.1) is 10.1 Å². The number of nitro groups is 1. The first kappa shape index (κ1) is 30.4. The number of methoxy groups -OCH3 is 1. The molecule has 43 heavy (non-hydrogen) atoms. The molecule has 5 N–H and O–H groups in total. The Morgan fingerprint density at radius 1 is 1.21 bits per heavy atom. The Morgan fingerprint density at radius 2 is 2.00 bits per heavy atom. The van der Waals surface area contributed by atoms with Gasteiger partial charge in [-0.25, -0.2) is 9.59 Å². The molecule has 1 aliphatic rings. The van der Waals surface area contributed by atoms with Gasteiger partial charge in [0.2, 0.25) is 0 Å². The summed E-state index contributed by atoms with van der Waals surface area (Å²) in [7, 11) is 1.25. The van der Waals surface area contributed by atoms with Crippen molar-refractivity contribution in [2.45, 2.75) is 26.1 Å². The van der Waals surface area contributed by atoms with Gasteiger partial charge in [0.15, 0.2) is 17.7 Å². The van der Waals surface area contributed by atoms with E-state index in [0.29, 0.717) is 29.4 Å². The van der Waals surface area contributed by atoms with Crippen molar-refractivity contribution in [2.24, 2.45) is 5.10 Å². The maximum Gasteiger partial charge on any atom is 0.337 e. The first-order chi connectivity index (χ1) is 20.6. The van der Waals surface area contributed by atoms with E-state index in [0.717, 1.165) is 0 Å². The molecule has 0 aliphatic carbocycles. The standard InChI is InChI=1S/C28H29N5O10/c1-4-41-23-11-16(26-25(27(36)40-3)15(2)30-28(37)31-26)5-9-22(23)42-14-24(35)32-29-13-18-7-10-21(43-18)19-12-17(33(38)39)6-8-20(19)34/h5-13,24,26,32,34-35H,4,14H2,1-3H3,(H2,30,31,37)/b29-13-/t24-,26-/m1/s1. The van der Waals surface area contributed by atoms with Crippen LogP contribution in [0.25, 0.3) is 11.3 Å². The third-order valence-electron chi connectivity index (χ3n) is 6.17. The van der Waals surface area contributed by atoms with Crippen LogP contribution in [0.2, 0.25) is 0 Å². The zero-order chi connectivity index (χ0) is 31.1. The fourth-order valence-corrected chi connectivity index (χ4v) is 4.21. The number of hydrazone groups is 1. The highest BCUT2D eigenvalue weighted by molar-refractivity contribution is 5.95. The lowest BCUT2D eigenvalue weighted by atomic mass is 9.95. The number of phenolic OH excluding ortho intramolecular Hbond substituents is 1. The van der Waals surface area contributed by atoms with Crippen LogP contribution in [0.15, 0.2) is 69.3 Å². The number of urea groups is 1. The van der Waals surface area contributed by atoms with Gasteiger partial charge < -0.3 is 39.5 Å². The van der Waals surface area contributed by atoms with E-state index in [4.69, 9.17) is 18.6 Å². The molecular formula is C28H29N5O10. The van der Waals surface area contributed by atoms with E-state index in [1.165, 1.54) is 43.7 Å². The molecule has 0 radical (unpaired) electrons. The minimum absolute atomic E-state index is 0.140. The SMILES string of the molecule is CCOc1cc([C@H]2NC(=O)NC(C)=C2C(=O)OC)ccc1OC[C@@H](O)N/N=C\c1ccc(-c2cc([N+](=O)[O-])ccc2O)o1. The van der Waals surface area contributed by atoms with Crippen LogP contribution in [-0.4, -0.2) is 59.9 Å². The Hall–Kier alpha value is -5.57. The summed E-state index contributed by atoms with van der Waals surface area (Å²) in [5.41, 5.74) is 3.56. The molecule has 0 unspecified atom stereocenters. The number of non-ortho nitro benzene ring substituents is 1. The average molecular weight is 596 g/mol. The highest BCUT2D eigenvalue weighted by Gasteiger charge is 2.32. The molecule has 226 valence electrons. The molecule has 2 heterocycles. The number of nitro benzene ring substituents is 1. The van der Waals surface area contributed by atoms with E-state index in [2.05, 4.69) is 21.2 Å². The molecule has 1 aromatic heterocycles. The molecule has 0 saturated carbocycles. The van der Waals surface area contributed by atoms with E-state index in [-0.39, 0.29) is 40.7 Å². The monoisotopic (exact) mass is 595 g/mol. The summed E-state index contributed by atoms with van der Waals surface area (Å²) in [5.74, 6) is 0.255. The second-order valence-corrected chi connectivity index (χ2v) is 9.08. The lowest BCUT2D eigenvalue weighted by molar-refractivity contribution is -0.384. The van der Waals surface area contributed by atoms with E-state index < -0.39 is 29.2 Å². The summed E-state index contributed by atoms with van der Waals surface area (Å²) >= 11 is 0. The molecule has 4 rings (SSSR count). The van der Waals surface area contributed by atoms with E-state index >= 15 is 0 Å². The molecule has 1 aliphatic heterocycles. The Labute approximate surface area is 244 Å². The summed E-state index contributed by atoms with van der Waals surface area (Å²) in [6.45, 7) is 3.43. The lowest BCUT2D eigenvalue weighted by Gasteiger charge is -2.28. The molecule has 0 saturated heterocycles. The smallest absolute Gasteiger partial charge is 0.337 e. The first-order valence-electron chi connectivity index (χ1n) is 12.9. The second-order valence-electron chi connectivity index (χ2n) is 9.08. The predicted octanol–water partition coefficient (Wildman–Crippen LogP) is 3.08. The Bertz CT molecular complexity index is 1580. The van der Waals surface area contributed by atoms with Gasteiger partial charge in [-0.1, -0.05) is 6.07 Å². The third-order valence-corrected chi connectivity index (χ3v) is 6.17. The van der Waals surface area contributed by atoms with Crippen molar-refractivity contribution in [1.82, 2.24) is 16.1 Å². The molecule has 2 atom stereocenters. The molecule has 3 aromatic rings. The number of ether oxygens (including phenoxy) is 3. The van der Waals surface area contributed by atoms with Crippen molar-refractivity contribution in [3.63, 3.8) is 0 Å².